The van der Waals surface area contributed by atoms with E-state index < -0.39 is 0 Å². The van der Waals surface area contributed by atoms with Crippen LogP contribution < -0.4 is 14.8 Å². The Labute approximate surface area is 99.5 Å². The van der Waals surface area contributed by atoms with Crippen molar-refractivity contribution in [1.82, 2.24) is 0 Å². The van der Waals surface area contributed by atoms with Crippen molar-refractivity contribution < 1.29 is 9.57 Å². The molecule has 4 heteroatoms. The summed E-state index contributed by atoms with van der Waals surface area (Å²) in [7, 11) is 1.57. The number of ether oxygens (including phenoxy) is 1. The van der Waals surface area contributed by atoms with Crippen LogP contribution >= 0.6 is 0 Å². The Morgan fingerprint density at radius 3 is 2.12 bits per heavy atom. The van der Waals surface area contributed by atoms with Crippen molar-refractivity contribution >= 4 is 5.69 Å². The number of para-hydroxylation sites is 1. The monoisotopic (exact) mass is 230 g/mol. The molecule has 0 aromatic heterocycles. The topological polar surface area (TPSA) is 44.8 Å². The fourth-order valence-corrected chi connectivity index (χ4v) is 1.33. The number of rotatable bonds is 4. The highest BCUT2D eigenvalue weighted by molar-refractivity contribution is 5.48. The first-order chi connectivity index (χ1) is 8.29. The van der Waals surface area contributed by atoms with Gasteiger partial charge in [0, 0.05) is 0 Å². The molecule has 17 heavy (non-hydrogen) atoms. The second kappa shape index (κ2) is 5.23. The van der Waals surface area contributed by atoms with Gasteiger partial charge in [0.05, 0.1) is 12.8 Å². The van der Waals surface area contributed by atoms with E-state index in [0.717, 1.165) is 0 Å². The maximum atomic E-state index is 11.7. The lowest BCUT2D eigenvalue weighted by molar-refractivity contribution is 0.319. The van der Waals surface area contributed by atoms with E-state index in [-0.39, 0.29) is 0 Å². The molecule has 0 aliphatic carbocycles. The number of hydrogen-bond donors (Lipinski definition) is 0. The largest absolute Gasteiger partial charge is 0.724 e. The molecule has 2 aromatic carbocycles. The molecule has 0 aliphatic heterocycles. The Kier molecular flexibility index (Phi) is 3.47. The quantitative estimate of drug-likeness (QED) is 0.757. The molecular formula is C13H12NO3-. The van der Waals surface area contributed by atoms with Crippen LogP contribution in [0.2, 0.25) is 0 Å². The van der Waals surface area contributed by atoms with Crippen molar-refractivity contribution in [2.75, 3.05) is 12.3 Å². The molecule has 88 valence electrons. The number of hydrogen-bond acceptors (Lipinski definition) is 4. The minimum Gasteiger partial charge on any atom is -0.724 e. The Morgan fingerprint density at radius 1 is 0.882 bits per heavy atom. The first-order valence-electron chi connectivity index (χ1n) is 5.14. The zero-order valence-corrected chi connectivity index (χ0v) is 9.37. The van der Waals surface area contributed by atoms with Crippen LogP contribution in [0.15, 0.2) is 54.6 Å². The summed E-state index contributed by atoms with van der Waals surface area (Å²) >= 11 is 0. The molecule has 0 N–H and O–H groups in total. The summed E-state index contributed by atoms with van der Waals surface area (Å²) in [4.78, 5) is 5.11. The fourth-order valence-electron chi connectivity index (χ4n) is 1.33. The third-order valence-electron chi connectivity index (χ3n) is 2.21. The molecule has 0 spiro atoms. The van der Waals surface area contributed by atoms with Gasteiger partial charge in [-0.25, -0.2) is 0 Å². The molecule has 0 radical (unpaired) electrons. The summed E-state index contributed by atoms with van der Waals surface area (Å²) < 4.78 is 5.01. The van der Waals surface area contributed by atoms with Crippen LogP contribution in [0.4, 0.5) is 5.69 Å². The maximum Gasteiger partial charge on any atom is 0.154 e. The second-order valence-corrected chi connectivity index (χ2v) is 3.36. The Bertz CT molecular complexity index is 456. The van der Waals surface area contributed by atoms with Gasteiger partial charge in [0.15, 0.2) is 5.75 Å². The standard InChI is InChI=1S/C13H12NO3/c1-16-12-9-7-11(8-10-12)14(15)17-13-5-3-2-4-6-13/h2-10H,1H3/q-1. The smallest absolute Gasteiger partial charge is 0.154 e. The van der Waals surface area contributed by atoms with Gasteiger partial charge >= 0.3 is 0 Å². The summed E-state index contributed by atoms with van der Waals surface area (Å²) in [6.45, 7) is 0. The summed E-state index contributed by atoms with van der Waals surface area (Å²) in [6, 6.07) is 15.6. The van der Waals surface area contributed by atoms with Gasteiger partial charge in [-0.3, -0.25) is 5.23 Å². The SMILES string of the molecule is COc1ccc(N([O-])Oc2ccccc2)cc1. The van der Waals surface area contributed by atoms with Crippen molar-refractivity contribution in [1.29, 1.82) is 0 Å². The lowest BCUT2D eigenvalue weighted by Crippen LogP contribution is -2.19. The van der Waals surface area contributed by atoms with Gasteiger partial charge < -0.3 is 14.8 Å². The normalized spacial score (nSPS) is 9.76. The molecule has 0 atom stereocenters. The molecule has 0 aliphatic rings. The van der Waals surface area contributed by atoms with E-state index in [1.54, 1.807) is 55.6 Å². The molecule has 0 fully saturated rings. The predicted octanol–water partition coefficient (Wildman–Crippen LogP) is 2.99. The van der Waals surface area contributed by atoms with Gasteiger partial charge in [-0.1, -0.05) is 18.2 Å². The summed E-state index contributed by atoms with van der Waals surface area (Å²) in [5.41, 5.74) is 0.412. The number of methoxy groups -OCH3 is 1. The predicted molar refractivity (Wildman–Crippen MR) is 65.9 cm³/mol. The average molecular weight is 230 g/mol. The number of benzene rings is 2. The van der Waals surface area contributed by atoms with E-state index in [1.165, 1.54) is 0 Å². The molecule has 2 rings (SSSR count). The zero-order valence-electron chi connectivity index (χ0n) is 9.37. The van der Waals surface area contributed by atoms with Gasteiger partial charge in [0.2, 0.25) is 0 Å². The van der Waals surface area contributed by atoms with E-state index in [2.05, 4.69) is 0 Å². The van der Waals surface area contributed by atoms with Crippen LogP contribution in [0.3, 0.4) is 0 Å². The molecule has 0 bridgehead atoms. The molecular weight excluding hydrogens is 218 g/mol. The minimum absolute atomic E-state index is 0.412. The van der Waals surface area contributed by atoms with Crippen molar-refractivity contribution in [3.05, 3.63) is 59.8 Å². The Balaban J connectivity index is 2.06. The van der Waals surface area contributed by atoms with Crippen molar-refractivity contribution in [2.24, 2.45) is 0 Å². The van der Waals surface area contributed by atoms with Crippen LogP contribution in [0.5, 0.6) is 11.5 Å². The fraction of sp³-hybridized carbons (Fsp3) is 0.0769. The van der Waals surface area contributed by atoms with Gasteiger partial charge in [0.25, 0.3) is 0 Å². The lowest BCUT2D eigenvalue weighted by Gasteiger charge is -2.29. The van der Waals surface area contributed by atoms with E-state index in [9.17, 15) is 5.21 Å². The third-order valence-corrected chi connectivity index (χ3v) is 2.21. The van der Waals surface area contributed by atoms with E-state index in [1.807, 2.05) is 6.07 Å². The van der Waals surface area contributed by atoms with Crippen LogP contribution in [-0.2, 0) is 0 Å². The van der Waals surface area contributed by atoms with Crippen LogP contribution in [0, 0.1) is 5.21 Å². The van der Waals surface area contributed by atoms with Crippen molar-refractivity contribution in [2.45, 2.75) is 0 Å². The highest BCUT2D eigenvalue weighted by atomic mass is 16.9. The first-order valence-corrected chi connectivity index (χ1v) is 5.14. The van der Waals surface area contributed by atoms with Crippen molar-refractivity contribution in [3.8, 4) is 11.5 Å². The highest BCUT2D eigenvalue weighted by Gasteiger charge is 1.98. The highest BCUT2D eigenvalue weighted by Crippen LogP contribution is 2.20. The average Bonchev–Trinajstić information content (AvgIpc) is 2.40. The zero-order chi connectivity index (χ0) is 12.1. The molecule has 0 unspecified atom stereocenters. The molecule has 0 saturated heterocycles. The molecule has 4 nitrogen and oxygen atoms in total. The summed E-state index contributed by atoms with van der Waals surface area (Å²) in [5, 5.41) is 12.1. The molecule has 0 heterocycles. The Hall–Kier alpha value is -2.20. The van der Waals surface area contributed by atoms with Crippen LogP contribution in [0.1, 0.15) is 0 Å². The van der Waals surface area contributed by atoms with Crippen LogP contribution in [0.25, 0.3) is 0 Å². The van der Waals surface area contributed by atoms with E-state index >= 15 is 0 Å². The van der Waals surface area contributed by atoms with E-state index in [0.29, 0.717) is 22.4 Å². The second-order valence-electron chi connectivity index (χ2n) is 3.36. The molecule has 0 saturated carbocycles. The van der Waals surface area contributed by atoms with E-state index in [4.69, 9.17) is 9.57 Å². The summed E-state index contributed by atoms with van der Waals surface area (Å²) in [6.07, 6.45) is 0. The lowest BCUT2D eigenvalue weighted by atomic mass is 10.3. The van der Waals surface area contributed by atoms with Gasteiger partial charge in [-0.2, -0.15) is 0 Å². The molecule has 0 amide bonds. The third kappa shape index (κ3) is 2.89. The van der Waals surface area contributed by atoms with Gasteiger partial charge in [0.1, 0.15) is 5.75 Å². The summed E-state index contributed by atoms with van der Waals surface area (Å²) in [5.74, 6) is 1.19. The maximum absolute atomic E-state index is 11.7. The number of anilines is 1. The first kappa shape index (κ1) is 11.3. The number of nitrogens with zero attached hydrogens (tertiary/aromatic N) is 1. The van der Waals surface area contributed by atoms with Crippen molar-refractivity contribution in [3.63, 3.8) is 0 Å². The van der Waals surface area contributed by atoms with Gasteiger partial charge in [-0.05, 0) is 36.4 Å². The van der Waals surface area contributed by atoms with Gasteiger partial charge in [-0.15, -0.1) is 0 Å². The molecule has 2 aromatic rings. The Morgan fingerprint density at radius 2 is 1.53 bits per heavy atom. The van der Waals surface area contributed by atoms with Crippen LogP contribution in [-0.4, -0.2) is 7.11 Å². The minimum atomic E-state index is 0.412.